The summed E-state index contributed by atoms with van der Waals surface area (Å²) in [6.45, 7) is 2.38. The molecule has 2 N–H and O–H groups in total. The van der Waals surface area contributed by atoms with Gasteiger partial charge in [-0.2, -0.15) is 0 Å². The molecule has 0 radical (unpaired) electrons. The topological polar surface area (TPSA) is 125 Å². The van der Waals surface area contributed by atoms with Gasteiger partial charge in [-0.25, -0.2) is 27.8 Å². The quantitative estimate of drug-likeness (QED) is 0.124. The van der Waals surface area contributed by atoms with E-state index in [-0.39, 0.29) is 35.8 Å². The maximum Gasteiger partial charge on any atom is 0.196 e. The molecule has 2 aromatic heterocycles. The van der Waals surface area contributed by atoms with Crippen LogP contribution in [0, 0.1) is 5.82 Å². The summed E-state index contributed by atoms with van der Waals surface area (Å²) in [5.74, 6) is 1.10. The summed E-state index contributed by atoms with van der Waals surface area (Å²) in [4.78, 5) is 13.1. The normalized spacial score (nSPS) is 16.3. The number of methoxy groups -OCH3 is 1. The zero-order valence-electron chi connectivity index (χ0n) is 26.9. The summed E-state index contributed by atoms with van der Waals surface area (Å²) >= 11 is 6.58. The van der Waals surface area contributed by atoms with E-state index in [1.807, 2.05) is 31.2 Å². The number of sulfone groups is 1. The van der Waals surface area contributed by atoms with Crippen LogP contribution in [0.25, 0.3) is 10.9 Å². The largest absolute Gasteiger partial charge is 0.496 e. The van der Waals surface area contributed by atoms with E-state index < -0.39 is 15.4 Å². The molecule has 49 heavy (non-hydrogen) atoms. The van der Waals surface area contributed by atoms with Crippen molar-refractivity contribution in [3.05, 3.63) is 120 Å². The molecule has 0 bridgehead atoms. The fourth-order valence-corrected chi connectivity index (χ4v) is 7.31. The molecule has 0 spiro atoms. The van der Waals surface area contributed by atoms with E-state index in [9.17, 15) is 12.8 Å². The van der Waals surface area contributed by atoms with Crippen LogP contribution in [0.3, 0.4) is 0 Å². The molecule has 0 aliphatic carbocycles. The lowest BCUT2D eigenvalue weighted by Gasteiger charge is -2.38. The SMILES string of the molecule is CCC(NCCS(=O)(=O)c1ccccn1)C1(c2cc3c(Nc4ccc(OCc5cccc(F)c5)c(Cl)c4)ncnc3cc2OC)CC=CO1. The third-order valence-electron chi connectivity index (χ3n) is 8.38. The number of anilines is 2. The van der Waals surface area contributed by atoms with Crippen molar-refractivity contribution in [1.29, 1.82) is 0 Å². The summed E-state index contributed by atoms with van der Waals surface area (Å²) < 4.78 is 57.6. The highest BCUT2D eigenvalue weighted by Crippen LogP contribution is 2.45. The Morgan fingerprint density at radius 1 is 1.04 bits per heavy atom. The maximum atomic E-state index is 13.6. The molecule has 2 atom stereocenters. The second-order valence-corrected chi connectivity index (χ2v) is 13.9. The first kappa shape index (κ1) is 34.1. The number of nitrogens with zero attached hydrogens (tertiary/aromatic N) is 3. The third-order valence-corrected chi connectivity index (χ3v) is 10.3. The van der Waals surface area contributed by atoms with Gasteiger partial charge >= 0.3 is 0 Å². The molecule has 3 heterocycles. The smallest absolute Gasteiger partial charge is 0.196 e. The second kappa shape index (κ2) is 14.8. The Morgan fingerprint density at radius 2 is 1.92 bits per heavy atom. The molecule has 1 aliphatic rings. The van der Waals surface area contributed by atoms with E-state index >= 15 is 0 Å². The summed E-state index contributed by atoms with van der Waals surface area (Å²) in [5.41, 5.74) is 1.85. The highest BCUT2D eigenvalue weighted by Gasteiger charge is 2.45. The van der Waals surface area contributed by atoms with Gasteiger partial charge in [0.2, 0.25) is 0 Å². The first-order valence-corrected chi connectivity index (χ1v) is 17.7. The van der Waals surface area contributed by atoms with E-state index in [0.29, 0.717) is 57.3 Å². The van der Waals surface area contributed by atoms with Crippen LogP contribution in [0.4, 0.5) is 15.9 Å². The Bertz CT molecular complexity index is 2080. The van der Waals surface area contributed by atoms with Gasteiger partial charge in [0.15, 0.2) is 20.5 Å². The molecule has 10 nitrogen and oxygen atoms in total. The van der Waals surface area contributed by atoms with Gasteiger partial charge in [-0.05, 0) is 66.6 Å². The molecule has 13 heteroatoms. The molecule has 3 aromatic carbocycles. The van der Waals surface area contributed by atoms with Crippen molar-refractivity contribution in [2.75, 3.05) is 24.7 Å². The Morgan fingerprint density at radius 3 is 2.63 bits per heavy atom. The minimum Gasteiger partial charge on any atom is -0.496 e. The molecule has 0 saturated heterocycles. The van der Waals surface area contributed by atoms with Gasteiger partial charge in [0.1, 0.15) is 36.1 Å². The Labute approximate surface area is 289 Å². The molecule has 1 aliphatic heterocycles. The van der Waals surface area contributed by atoms with E-state index in [0.717, 1.165) is 5.56 Å². The number of hydrogen-bond acceptors (Lipinski definition) is 10. The number of nitrogens with one attached hydrogen (secondary N) is 2. The molecule has 0 amide bonds. The van der Waals surface area contributed by atoms with Crippen molar-refractivity contribution >= 4 is 43.8 Å². The third kappa shape index (κ3) is 7.46. The minimum absolute atomic E-state index is 0.0434. The number of benzene rings is 3. The van der Waals surface area contributed by atoms with Crippen LogP contribution in [0.1, 0.15) is 30.9 Å². The number of pyridine rings is 1. The van der Waals surface area contributed by atoms with Gasteiger partial charge in [0.05, 0.1) is 35.7 Å². The Hall–Kier alpha value is -4.78. The number of ether oxygens (including phenoxy) is 3. The first-order valence-electron chi connectivity index (χ1n) is 15.7. The zero-order valence-corrected chi connectivity index (χ0v) is 28.5. The van der Waals surface area contributed by atoms with Crippen LogP contribution in [-0.4, -0.2) is 48.8 Å². The fourth-order valence-electron chi connectivity index (χ4n) is 5.97. The first-order chi connectivity index (χ1) is 23.7. The number of halogens is 2. The lowest BCUT2D eigenvalue weighted by molar-refractivity contribution is -0.000297. The van der Waals surface area contributed by atoms with Crippen molar-refractivity contribution < 1.29 is 27.0 Å². The van der Waals surface area contributed by atoms with Crippen molar-refractivity contribution in [3.8, 4) is 11.5 Å². The van der Waals surface area contributed by atoms with Crippen molar-refractivity contribution in [1.82, 2.24) is 20.3 Å². The van der Waals surface area contributed by atoms with Crippen LogP contribution in [0.15, 0.2) is 103 Å². The molecular weight excluding hydrogens is 669 g/mol. The summed E-state index contributed by atoms with van der Waals surface area (Å²) in [6, 6.07) is 19.8. The highest BCUT2D eigenvalue weighted by molar-refractivity contribution is 7.91. The van der Waals surface area contributed by atoms with Gasteiger partial charge in [-0.1, -0.05) is 36.7 Å². The Kier molecular flexibility index (Phi) is 10.3. The minimum atomic E-state index is -3.58. The fraction of sp³-hybridized carbons (Fsp3) is 0.250. The van der Waals surface area contributed by atoms with Gasteiger partial charge in [-0.3, -0.25) is 0 Å². The van der Waals surface area contributed by atoms with E-state index in [1.54, 1.807) is 49.8 Å². The summed E-state index contributed by atoms with van der Waals surface area (Å²) in [5, 5.41) is 7.92. The van der Waals surface area contributed by atoms with Crippen molar-refractivity contribution in [3.63, 3.8) is 0 Å². The molecule has 0 fully saturated rings. The van der Waals surface area contributed by atoms with Crippen LogP contribution >= 0.6 is 11.6 Å². The standard InChI is InChI=1S/C36H35ClFN5O5S/c1-3-33(39-15-17-49(44,45)34-10-4-5-14-40-34)36(13-7-16-48-36)28-20-27-30(21-32(28)46-2)41-23-42-35(27)43-26-11-12-31(29(37)19-26)47-22-24-8-6-9-25(38)18-24/h4-12,14,16,18-21,23,33,39H,3,13,15,17,22H2,1-2H3,(H,41,42,43). The van der Waals surface area contributed by atoms with Gasteiger partial charge in [0.25, 0.3) is 0 Å². The van der Waals surface area contributed by atoms with Gasteiger partial charge in [-0.15, -0.1) is 0 Å². The summed E-state index contributed by atoms with van der Waals surface area (Å²) in [6.07, 6.45) is 7.70. The lowest BCUT2D eigenvalue weighted by atomic mass is 9.81. The average Bonchev–Trinajstić information content (AvgIpc) is 3.60. The average molecular weight is 704 g/mol. The van der Waals surface area contributed by atoms with E-state index in [1.165, 1.54) is 30.7 Å². The lowest BCUT2D eigenvalue weighted by Crippen LogP contribution is -2.49. The number of fused-ring (bicyclic) bond motifs is 1. The number of rotatable bonds is 14. The molecule has 5 aromatic rings. The predicted molar refractivity (Wildman–Crippen MR) is 186 cm³/mol. The Balaban J connectivity index is 1.26. The zero-order chi connectivity index (χ0) is 34.4. The van der Waals surface area contributed by atoms with Crippen LogP contribution in [0.2, 0.25) is 5.02 Å². The van der Waals surface area contributed by atoms with Gasteiger partial charge < -0.3 is 24.8 Å². The molecule has 254 valence electrons. The van der Waals surface area contributed by atoms with Crippen LogP contribution in [-0.2, 0) is 26.8 Å². The molecule has 2 unspecified atom stereocenters. The number of aromatic nitrogens is 3. The second-order valence-electron chi connectivity index (χ2n) is 11.5. The molecule has 0 saturated carbocycles. The van der Waals surface area contributed by atoms with E-state index in [2.05, 4.69) is 25.6 Å². The van der Waals surface area contributed by atoms with Gasteiger partial charge in [0, 0.05) is 41.9 Å². The maximum absolute atomic E-state index is 13.6. The monoisotopic (exact) mass is 703 g/mol. The van der Waals surface area contributed by atoms with Crippen molar-refractivity contribution in [2.45, 2.75) is 43.0 Å². The molecular formula is C36H35ClFN5O5S. The van der Waals surface area contributed by atoms with Crippen molar-refractivity contribution in [2.24, 2.45) is 0 Å². The highest BCUT2D eigenvalue weighted by atomic mass is 35.5. The van der Waals surface area contributed by atoms with E-state index in [4.69, 9.17) is 25.8 Å². The number of hydrogen-bond donors (Lipinski definition) is 2. The van der Waals surface area contributed by atoms with Crippen LogP contribution in [0.5, 0.6) is 11.5 Å². The summed E-state index contributed by atoms with van der Waals surface area (Å²) in [7, 11) is -1.99. The molecule has 6 rings (SSSR count). The predicted octanol–water partition coefficient (Wildman–Crippen LogP) is 7.12. The van der Waals surface area contributed by atoms with Crippen LogP contribution < -0.4 is 20.1 Å².